The van der Waals surface area contributed by atoms with Crippen molar-refractivity contribution in [2.24, 2.45) is 0 Å². The molecule has 2 aromatic carbocycles. The molecule has 142 valence electrons. The highest BCUT2D eigenvalue weighted by molar-refractivity contribution is 6.10. The number of amides is 4. The molecule has 1 fully saturated rings. The summed E-state index contributed by atoms with van der Waals surface area (Å²) in [5.41, 5.74) is -0.885. The van der Waals surface area contributed by atoms with Crippen LogP contribution in [0.25, 0.3) is 10.8 Å². The van der Waals surface area contributed by atoms with Gasteiger partial charge in [-0.1, -0.05) is 49.4 Å². The second-order valence-corrected chi connectivity index (χ2v) is 7.76. The molecule has 4 amide bonds. The lowest BCUT2D eigenvalue weighted by Crippen LogP contribution is -2.49. The predicted octanol–water partition coefficient (Wildman–Crippen LogP) is 2.91. The van der Waals surface area contributed by atoms with Crippen LogP contribution in [0.2, 0.25) is 0 Å². The number of benzene rings is 2. The van der Waals surface area contributed by atoms with E-state index in [0.717, 1.165) is 27.7 Å². The van der Waals surface area contributed by atoms with E-state index in [9.17, 15) is 14.4 Å². The van der Waals surface area contributed by atoms with Gasteiger partial charge in [0.15, 0.2) is 0 Å². The van der Waals surface area contributed by atoms with Crippen LogP contribution in [-0.2, 0) is 15.1 Å². The molecule has 0 aromatic heterocycles. The molecule has 2 aromatic rings. The Bertz CT molecular complexity index is 917. The number of nitrogens with zero attached hydrogens (tertiary/aromatic N) is 1. The van der Waals surface area contributed by atoms with Crippen LogP contribution in [0.3, 0.4) is 0 Å². The van der Waals surface area contributed by atoms with Crippen molar-refractivity contribution < 1.29 is 14.4 Å². The van der Waals surface area contributed by atoms with Crippen LogP contribution in [0.1, 0.15) is 39.7 Å². The third-order valence-corrected chi connectivity index (χ3v) is 5.27. The standard InChI is InChI=1S/C21H25N3O3/c1-5-20(2,3)22-17(25)13-24-18(26)21(4,23-19(24)27)16-12-8-10-14-9-6-7-11-15(14)16/h6-12H,5,13H2,1-4H3,(H,22,25)(H,23,27). The van der Waals surface area contributed by atoms with Crippen molar-refractivity contribution in [1.29, 1.82) is 0 Å². The van der Waals surface area contributed by atoms with Crippen molar-refractivity contribution >= 4 is 28.6 Å². The quantitative estimate of drug-likeness (QED) is 0.798. The van der Waals surface area contributed by atoms with Crippen LogP contribution in [0.4, 0.5) is 4.79 Å². The molecule has 1 aliphatic rings. The molecule has 0 bridgehead atoms. The average molecular weight is 367 g/mol. The lowest BCUT2D eigenvalue weighted by atomic mass is 9.88. The molecule has 1 atom stereocenters. The molecule has 6 nitrogen and oxygen atoms in total. The Morgan fingerprint density at radius 1 is 1.15 bits per heavy atom. The Kier molecular flexibility index (Phi) is 4.68. The van der Waals surface area contributed by atoms with Crippen molar-refractivity contribution in [3.63, 3.8) is 0 Å². The first kappa shape index (κ1) is 18.9. The van der Waals surface area contributed by atoms with Crippen molar-refractivity contribution in [3.05, 3.63) is 48.0 Å². The van der Waals surface area contributed by atoms with Gasteiger partial charge in [0.1, 0.15) is 12.1 Å². The first-order chi connectivity index (χ1) is 12.7. The van der Waals surface area contributed by atoms with Crippen LogP contribution in [0.15, 0.2) is 42.5 Å². The predicted molar refractivity (Wildman–Crippen MR) is 104 cm³/mol. The second-order valence-electron chi connectivity index (χ2n) is 7.76. The first-order valence-corrected chi connectivity index (χ1v) is 9.11. The molecule has 2 N–H and O–H groups in total. The fourth-order valence-electron chi connectivity index (χ4n) is 3.33. The number of urea groups is 1. The third-order valence-electron chi connectivity index (χ3n) is 5.27. The molecule has 27 heavy (non-hydrogen) atoms. The summed E-state index contributed by atoms with van der Waals surface area (Å²) in [5.74, 6) is -0.777. The van der Waals surface area contributed by atoms with Crippen LogP contribution in [0, 0.1) is 0 Å². The smallest absolute Gasteiger partial charge is 0.325 e. The summed E-state index contributed by atoms with van der Waals surface area (Å²) in [6.45, 7) is 7.15. The third kappa shape index (κ3) is 3.39. The van der Waals surface area contributed by atoms with E-state index in [1.807, 2.05) is 63.2 Å². The minimum atomic E-state index is -1.21. The van der Waals surface area contributed by atoms with Gasteiger partial charge in [0.2, 0.25) is 5.91 Å². The summed E-state index contributed by atoms with van der Waals surface area (Å²) in [6.07, 6.45) is 0.743. The maximum Gasteiger partial charge on any atom is 0.325 e. The lowest BCUT2D eigenvalue weighted by molar-refractivity contribution is -0.135. The summed E-state index contributed by atoms with van der Waals surface area (Å²) in [4.78, 5) is 38.9. The Labute approximate surface area is 158 Å². The summed E-state index contributed by atoms with van der Waals surface area (Å²) in [6, 6.07) is 12.8. The molecule has 0 spiro atoms. The Morgan fingerprint density at radius 3 is 2.52 bits per heavy atom. The van der Waals surface area contributed by atoms with E-state index in [2.05, 4.69) is 10.6 Å². The van der Waals surface area contributed by atoms with Gasteiger partial charge in [-0.15, -0.1) is 0 Å². The number of carbonyl (C=O) groups excluding carboxylic acids is 3. The van der Waals surface area contributed by atoms with Gasteiger partial charge in [0.25, 0.3) is 5.91 Å². The highest BCUT2D eigenvalue weighted by Gasteiger charge is 2.50. The van der Waals surface area contributed by atoms with Gasteiger partial charge in [-0.25, -0.2) is 4.79 Å². The lowest BCUT2D eigenvalue weighted by Gasteiger charge is -2.26. The molecule has 1 aliphatic heterocycles. The van der Waals surface area contributed by atoms with Gasteiger partial charge < -0.3 is 10.6 Å². The van der Waals surface area contributed by atoms with Gasteiger partial charge in [-0.05, 0) is 43.5 Å². The topological polar surface area (TPSA) is 78.5 Å². The van der Waals surface area contributed by atoms with Crippen molar-refractivity contribution in [2.45, 2.75) is 45.2 Å². The van der Waals surface area contributed by atoms with Crippen molar-refractivity contribution in [2.75, 3.05) is 6.54 Å². The molecule has 0 radical (unpaired) electrons. The highest BCUT2D eigenvalue weighted by atomic mass is 16.2. The van der Waals surface area contributed by atoms with E-state index >= 15 is 0 Å². The summed E-state index contributed by atoms with van der Waals surface area (Å²) in [7, 11) is 0. The van der Waals surface area contributed by atoms with Crippen LogP contribution in [0.5, 0.6) is 0 Å². The monoisotopic (exact) mass is 367 g/mol. The second kappa shape index (κ2) is 6.68. The number of hydrogen-bond donors (Lipinski definition) is 2. The maximum atomic E-state index is 13.1. The fraction of sp³-hybridized carbons (Fsp3) is 0.381. The fourth-order valence-corrected chi connectivity index (χ4v) is 3.33. The largest absolute Gasteiger partial charge is 0.350 e. The molecule has 6 heteroatoms. The molecular weight excluding hydrogens is 342 g/mol. The van der Waals surface area contributed by atoms with Crippen LogP contribution < -0.4 is 10.6 Å². The minimum Gasteiger partial charge on any atom is -0.350 e. The van der Waals surface area contributed by atoms with Gasteiger partial charge in [-0.3, -0.25) is 14.5 Å². The van der Waals surface area contributed by atoms with Gasteiger partial charge in [0.05, 0.1) is 0 Å². The average Bonchev–Trinajstić information content (AvgIpc) is 2.85. The minimum absolute atomic E-state index is 0.297. The molecule has 3 rings (SSSR count). The number of carbonyl (C=O) groups is 3. The highest BCUT2D eigenvalue weighted by Crippen LogP contribution is 2.33. The van der Waals surface area contributed by atoms with E-state index in [0.29, 0.717) is 0 Å². The molecule has 1 unspecified atom stereocenters. The number of hydrogen-bond acceptors (Lipinski definition) is 3. The number of imide groups is 1. The number of rotatable bonds is 5. The van der Waals surface area contributed by atoms with E-state index in [1.165, 1.54) is 0 Å². The van der Waals surface area contributed by atoms with Crippen LogP contribution >= 0.6 is 0 Å². The van der Waals surface area contributed by atoms with E-state index in [4.69, 9.17) is 0 Å². The molecule has 1 heterocycles. The summed E-state index contributed by atoms with van der Waals surface area (Å²) in [5, 5.41) is 7.52. The zero-order valence-corrected chi connectivity index (χ0v) is 16.1. The SMILES string of the molecule is CCC(C)(C)NC(=O)CN1C(=O)NC(C)(c2cccc3ccccc23)C1=O. The Hall–Kier alpha value is -2.89. The van der Waals surface area contributed by atoms with Gasteiger partial charge in [0, 0.05) is 5.54 Å². The Balaban J connectivity index is 1.90. The summed E-state index contributed by atoms with van der Waals surface area (Å²) >= 11 is 0. The maximum absolute atomic E-state index is 13.1. The van der Waals surface area contributed by atoms with E-state index in [1.54, 1.807) is 6.92 Å². The van der Waals surface area contributed by atoms with Crippen LogP contribution in [-0.4, -0.2) is 34.8 Å². The van der Waals surface area contributed by atoms with Crippen molar-refractivity contribution in [1.82, 2.24) is 15.5 Å². The number of nitrogens with one attached hydrogen (secondary N) is 2. The summed E-state index contributed by atoms with van der Waals surface area (Å²) < 4.78 is 0. The molecule has 0 aliphatic carbocycles. The van der Waals surface area contributed by atoms with Gasteiger partial charge in [-0.2, -0.15) is 0 Å². The normalized spacial score (nSPS) is 20.1. The number of fused-ring (bicyclic) bond motifs is 1. The van der Waals surface area contributed by atoms with Gasteiger partial charge >= 0.3 is 6.03 Å². The van der Waals surface area contributed by atoms with Crippen molar-refractivity contribution in [3.8, 4) is 0 Å². The zero-order chi connectivity index (χ0) is 19.8. The molecular formula is C21H25N3O3. The Morgan fingerprint density at radius 2 is 1.81 bits per heavy atom. The van der Waals surface area contributed by atoms with E-state index < -0.39 is 23.0 Å². The van der Waals surface area contributed by atoms with E-state index in [-0.39, 0.29) is 12.5 Å². The zero-order valence-electron chi connectivity index (χ0n) is 16.1. The first-order valence-electron chi connectivity index (χ1n) is 9.11. The molecule has 0 saturated carbocycles. The molecule has 1 saturated heterocycles.